The van der Waals surface area contributed by atoms with Gasteiger partial charge in [0, 0.05) is 6.07 Å². The van der Waals surface area contributed by atoms with Crippen molar-refractivity contribution in [2.24, 2.45) is 5.92 Å². The van der Waals surface area contributed by atoms with Gasteiger partial charge in [-0.3, -0.25) is 4.79 Å². The molecule has 2 aromatic rings. The van der Waals surface area contributed by atoms with Gasteiger partial charge in [-0.15, -0.1) is 0 Å². The van der Waals surface area contributed by atoms with Crippen molar-refractivity contribution in [2.45, 2.75) is 33.0 Å². The Kier molecular flexibility index (Phi) is 3.65. The third-order valence-electron chi connectivity index (χ3n) is 4.28. The van der Waals surface area contributed by atoms with Crippen molar-refractivity contribution in [1.29, 1.82) is 0 Å². The summed E-state index contributed by atoms with van der Waals surface area (Å²) >= 11 is 0. The average molecular weight is 296 g/mol. The highest BCUT2D eigenvalue weighted by Gasteiger charge is 2.40. The van der Waals surface area contributed by atoms with Crippen LogP contribution in [0.25, 0.3) is 0 Å². The smallest absolute Gasteiger partial charge is 0.173 e. The molecule has 0 radical (unpaired) electrons. The molecule has 1 aliphatic rings. The van der Waals surface area contributed by atoms with E-state index >= 15 is 0 Å². The molecule has 1 heterocycles. The molecule has 3 rings (SSSR count). The Balaban J connectivity index is 1.81. The fraction of sp³-hybridized carbons (Fsp3) is 0.316. The lowest BCUT2D eigenvalue weighted by Crippen LogP contribution is -2.44. The number of fused-ring (bicyclic) bond motifs is 1. The van der Waals surface area contributed by atoms with Gasteiger partial charge in [0.1, 0.15) is 23.7 Å². The Hall–Kier alpha value is -2.29. The molecule has 0 bridgehead atoms. The molecule has 1 unspecified atom stereocenters. The summed E-state index contributed by atoms with van der Waals surface area (Å²) in [4.78, 5) is 12.4. The zero-order valence-corrected chi connectivity index (χ0v) is 13.1. The van der Waals surface area contributed by atoms with Gasteiger partial charge in [-0.25, -0.2) is 0 Å². The largest absolute Gasteiger partial charge is 0.489 e. The van der Waals surface area contributed by atoms with Crippen molar-refractivity contribution in [3.8, 4) is 11.5 Å². The highest BCUT2D eigenvalue weighted by molar-refractivity contribution is 6.02. The summed E-state index contributed by atoms with van der Waals surface area (Å²) in [6, 6.07) is 15.4. The van der Waals surface area contributed by atoms with Crippen LogP contribution in [0, 0.1) is 5.92 Å². The fourth-order valence-electron chi connectivity index (χ4n) is 2.54. The number of carbonyl (C=O) groups is 1. The van der Waals surface area contributed by atoms with E-state index in [2.05, 4.69) is 0 Å². The van der Waals surface area contributed by atoms with Crippen LogP contribution in [0.3, 0.4) is 0 Å². The molecule has 0 fully saturated rings. The summed E-state index contributed by atoms with van der Waals surface area (Å²) in [5.74, 6) is 1.29. The number of ketones is 1. The molecule has 0 saturated heterocycles. The Bertz CT molecular complexity index is 689. The Morgan fingerprint density at radius 2 is 1.86 bits per heavy atom. The van der Waals surface area contributed by atoms with E-state index in [-0.39, 0.29) is 11.7 Å². The van der Waals surface area contributed by atoms with Gasteiger partial charge in [-0.2, -0.15) is 0 Å². The lowest BCUT2D eigenvalue weighted by atomic mass is 9.83. The number of carbonyl (C=O) groups excluding carboxylic acids is 1. The van der Waals surface area contributed by atoms with Crippen LogP contribution < -0.4 is 9.47 Å². The predicted octanol–water partition coefficient (Wildman–Crippen LogP) is 4.26. The number of Topliss-reactive ketones (excluding diaryl/α,β-unsaturated/α-hetero) is 1. The quantitative estimate of drug-likeness (QED) is 0.849. The van der Waals surface area contributed by atoms with E-state index in [4.69, 9.17) is 9.47 Å². The van der Waals surface area contributed by atoms with Crippen LogP contribution in [0.2, 0.25) is 0 Å². The minimum Gasteiger partial charge on any atom is -0.489 e. The Morgan fingerprint density at radius 3 is 2.59 bits per heavy atom. The van der Waals surface area contributed by atoms with Gasteiger partial charge in [0.2, 0.25) is 0 Å². The highest BCUT2D eigenvalue weighted by atomic mass is 16.5. The van der Waals surface area contributed by atoms with Gasteiger partial charge < -0.3 is 9.47 Å². The maximum absolute atomic E-state index is 12.4. The zero-order valence-electron chi connectivity index (χ0n) is 13.1. The van der Waals surface area contributed by atoms with Gasteiger partial charge in [0.15, 0.2) is 5.78 Å². The highest BCUT2D eigenvalue weighted by Crippen LogP contribution is 2.38. The summed E-state index contributed by atoms with van der Waals surface area (Å²) in [6.07, 6.45) is 0. The second-order valence-electron chi connectivity index (χ2n) is 6.22. The number of benzene rings is 2. The third kappa shape index (κ3) is 2.71. The van der Waals surface area contributed by atoms with Crippen LogP contribution >= 0.6 is 0 Å². The molecule has 3 heteroatoms. The van der Waals surface area contributed by atoms with Crippen molar-refractivity contribution in [1.82, 2.24) is 0 Å². The van der Waals surface area contributed by atoms with Crippen molar-refractivity contribution >= 4 is 5.78 Å². The molecule has 2 aromatic carbocycles. The molecule has 114 valence electrons. The molecule has 1 atom stereocenters. The van der Waals surface area contributed by atoms with E-state index in [9.17, 15) is 4.79 Å². The minimum absolute atomic E-state index is 0.126. The van der Waals surface area contributed by atoms with E-state index in [0.717, 1.165) is 5.56 Å². The third-order valence-corrected chi connectivity index (χ3v) is 4.28. The van der Waals surface area contributed by atoms with Crippen LogP contribution in [-0.4, -0.2) is 11.4 Å². The van der Waals surface area contributed by atoms with Crippen LogP contribution in [0.5, 0.6) is 11.5 Å². The number of hydrogen-bond acceptors (Lipinski definition) is 3. The topological polar surface area (TPSA) is 35.5 Å². The first-order valence-corrected chi connectivity index (χ1v) is 7.51. The van der Waals surface area contributed by atoms with Crippen LogP contribution in [0.1, 0.15) is 36.7 Å². The monoisotopic (exact) mass is 296 g/mol. The molecule has 0 N–H and O–H groups in total. The van der Waals surface area contributed by atoms with Gasteiger partial charge in [-0.05, 0) is 31.5 Å². The average Bonchev–Trinajstić information content (AvgIpc) is 2.51. The first-order valence-electron chi connectivity index (χ1n) is 7.51. The van der Waals surface area contributed by atoms with Crippen molar-refractivity contribution in [3.05, 3.63) is 59.7 Å². The van der Waals surface area contributed by atoms with E-state index in [1.165, 1.54) is 0 Å². The molecule has 0 saturated carbocycles. The number of ether oxygens (including phenoxy) is 2. The first-order chi connectivity index (χ1) is 10.5. The maximum Gasteiger partial charge on any atom is 0.173 e. The summed E-state index contributed by atoms with van der Waals surface area (Å²) < 4.78 is 11.8. The van der Waals surface area contributed by atoms with Gasteiger partial charge >= 0.3 is 0 Å². The van der Waals surface area contributed by atoms with Crippen molar-refractivity contribution in [2.75, 3.05) is 0 Å². The van der Waals surface area contributed by atoms with Crippen molar-refractivity contribution < 1.29 is 14.3 Å². The standard InChI is InChI=1S/C19H20O3/c1-13-18(20)16-10-9-15(11-17(16)22-19(13,2)3)21-12-14-7-5-4-6-8-14/h4-11,13H,12H2,1-3H3. The summed E-state index contributed by atoms with van der Waals surface area (Å²) in [6.45, 7) is 6.28. The zero-order chi connectivity index (χ0) is 15.7. The molecule has 0 aliphatic carbocycles. The lowest BCUT2D eigenvalue weighted by molar-refractivity contribution is 0.0317. The van der Waals surface area contributed by atoms with Crippen LogP contribution in [-0.2, 0) is 6.61 Å². The SMILES string of the molecule is CC1C(=O)c2ccc(OCc3ccccc3)cc2OC1(C)C. The van der Waals surface area contributed by atoms with Crippen LogP contribution in [0.4, 0.5) is 0 Å². The molecule has 0 aromatic heterocycles. The van der Waals surface area contributed by atoms with Crippen molar-refractivity contribution in [3.63, 3.8) is 0 Å². The molecule has 22 heavy (non-hydrogen) atoms. The Morgan fingerprint density at radius 1 is 1.14 bits per heavy atom. The van der Waals surface area contributed by atoms with E-state index in [1.54, 1.807) is 6.07 Å². The molecule has 0 spiro atoms. The predicted molar refractivity (Wildman–Crippen MR) is 85.4 cm³/mol. The summed E-state index contributed by atoms with van der Waals surface area (Å²) in [5.41, 5.74) is 1.24. The molecule has 0 amide bonds. The normalized spacial score (nSPS) is 19.2. The molecular weight excluding hydrogens is 276 g/mol. The summed E-state index contributed by atoms with van der Waals surface area (Å²) in [5, 5.41) is 0. The Labute approximate surface area is 130 Å². The second-order valence-corrected chi connectivity index (χ2v) is 6.22. The molecular formula is C19H20O3. The minimum atomic E-state index is -0.498. The fourth-order valence-corrected chi connectivity index (χ4v) is 2.54. The van der Waals surface area contributed by atoms with E-state index in [0.29, 0.717) is 23.7 Å². The van der Waals surface area contributed by atoms with E-state index < -0.39 is 5.60 Å². The number of rotatable bonds is 3. The van der Waals surface area contributed by atoms with E-state index in [1.807, 2.05) is 63.2 Å². The lowest BCUT2D eigenvalue weighted by Gasteiger charge is -2.37. The second kappa shape index (κ2) is 5.48. The number of hydrogen-bond donors (Lipinski definition) is 0. The summed E-state index contributed by atoms with van der Waals surface area (Å²) in [7, 11) is 0. The van der Waals surface area contributed by atoms with Gasteiger partial charge in [-0.1, -0.05) is 37.3 Å². The first kappa shape index (κ1) is 14.6. The molecule has 3 nitrogen and oxygen atoms in total. The maximum atomic E-state index is 12.4. The van der Waals surface area contributed by atoms with Gasteiger partial charge in [0.05, 0.1) is 11.5 Å². The molecule has 1 aliphatic heterocycles. The van der Waals surface area contributed by atoms with Gasteiger partial charge in [0.25, 0.3) is 0 Å². The van der Waals surface area contributed by atoms with Crippen LogP contribution in [0.15, 0.2) is 48.5 Å².